The highest BCUT2D eigenvalue weighted by Crippen LogP contribution is 2.39. The zero-order valence-electron chi connectivity index (χ0n) is 33.6. The van der Waals surface area contributed by atoms with Crippen molar-refractivity contribution in [3.8, 4) is 0 Å². The molecule has 0 saturated heterocycles. The molecule has 0 atom stereocenters. The number of benzene rings is 2. The van der Waals surface area contributed by atoms with Crippen LogP contribution >= 0.6 is 0 Å². The summed E-state index contributed by atoms with van der Waals surface area (Å²) in [5.41, 5.74) is 11.5. The predicted octanol–water partition coefficient (Wildman–Crippen LogP) is 12.6. The van der Waals surface area contributed by atoms with Gasteiger partial charge in [0.1, 0.15) is 0 Å². The lowest BCUT2D eigenvalue weighted by Gasteiger charge is -2.32. The van der Waals surface area contributed by atoms with Crippen molar-refractivity contribution >= 4 is 12.4 Å². The molecule has 2 aromatic carbocycles. The van der Waals surface area contributed by atoms with Gasteiger partial charge in [-0.15, -0.1) is 0 Å². The fraction of sp³-hybridized carbons (Fsp3) is 0.682. The van der Waals surface area contributed by atoms with Gasteiger partial charge in [0.05, 0.1) is 0 Å². The quantitative estimate of drug-likeness (QED) is 0.195. The molecule has 0 aromatic heterocycles. The summed E-state index contributed by atoms with van der Waals surface area (Å²) in [5, 5.41) is 0. The first kappa shape index (κ1) is 40.0. The van der Waals surface area contributed by atoms with Crippen LogP contribution in [-0.4, -0.2) is 25.5 Å². The van der Waals surface area contributed by atoms with Gasteiger partial charge in [0.2, 0.25) is 0 Å². The number of nitrogens with zero attached hydrogens (tertiary/aromatic N) is 2. The Hall–Kier alpha value is -2.22. The van der Waals surface area contributed by atoms with Crippen molar-refractivity contribution in [3.63, 3.8) is 0 Å². The van der Waals surface area contributed by atoms with E-state index in [1.165, 1.54) is 57.3 Å². The van der Waals surface area contributed by atoms with Crippen LogP contribution in [-0.2, 0) is 32.5 Å². The number of unbranched alkanes of at least 4 members (excludes halogenated alkanes) is 3. The molecular weight excluding hydrogens is 556 g/mol. The van der Waals surface area contributed by atoms with E-state index in [0.29, 0.717) is 0 Å². The van der Waals surface area contributed by atoms with Gasteiger partial charge in [-0.2, -0.15) is 0 Å². The number of hydrogen-bond donors (Lipinski definition) is 0. The van der Waals surface area contributed by atoms with Crippen molar-refractivity contribution in [2.45, 2.75) is 183 Å². The van der Waals surface area contributed by atoms with Crippen LogP contribution in [0.5, 0.6) is 0 Å². The van der Waals surface area contributed by atoms with Gasteiger partial charge in [-0.1, -0.05) is 162 Å². The Morgan fingerprint density at radius 1 is 0.370 bits per heavy atom. The van der Waals surface area contributed by atoms with Gasteiger partial charge < -0.3 is 0 Å². The minimum absolute atomic E-state index is 0.0546. The van der Waals surface area contributed by atoms with Gasteiger partial charge in [0.25, 0.3) is 0 Å². The summed E-state index contributed by atoms with van der Waals surface area (Å²) in [6.45, 7) is 43.6. The van der Waals surface area contributed by atoms with Crippen LogP contribution < -0.4 is 0 Å². The third kappa shape index (κ3) is 11.2. The van der Waals surface area contributed by atoms with E-state index in [1.54, 1.807) is 0 Å². The first-order valence-corrected chi connectivity index (χ1v) is 18.0. The van der Waals surface area contributed by atoms with E-state index in [2.05, 4.69) is 161 Å². The maximum absolute atomic E-state index is 4.99. The standard InChI is InChI=1S/C44H72N2/c1-39(2,3)31-25-35(41(7,8)9)33(36(26-31)42(10,11)12)29-45-23-21-19-20-22-24-46-30-34-37(43(13,14)15)27-32(40(4,5)6)28-38(34)44(16,17)18/h25-30H,19-24H2,1-18H3. The Balaban J connectivity index is 2.12. The highest BCUT2D eigenvalue weighted by Gasteiger charge is 2.30. The van der Waals surface area contributed by atoms with Crippen molar-refractivity contribution in [2.75, 3.05) is 13.1 Å². The summed E-state index contributed by atoms with van der Waals surface area (Å²) in [6, 6.07) is 9.74. The lowest BCUT2D eigenvalue weighted by molar-refractivity contribution is 0.546. The maximum Gasteiger partial charge on any atom is 0.0389 e. The second-order valence-corrected chi connectivity index (χ2v) is 20.0. The molecule has 46 heavy (non-hydrogen) atoms. The van der Waals surface area contributed by atoms with Crippen molar-refractivity contribution in [1.29, 1.82) is 0 Å². The summed E-state index contributed by atoms with van der Waals surface area (Å²) >= 11 is 0. The topological polar surface area (TPSA) is 24.7 Å². The molecule has 258 valence electrons. The summed E-state index contributed by atoms with van der Waals surface area (Å²) < 4.78 is 0. The monoisotopic (exact) mass is 629 g/mol. The van der Waals surface area contributed by atoms with E-state index in [9.17, 15) is 0 Å². The van der Waals surface area contributed by atoms with Crippen molar-refractivity contribution in [2.24, 2.45) is 9.98 Å². The third-order valence-corrected chi connectivity index (χ3v) is 9.09. The summed E-state index contributed by atoms with van der Waals surface area (Å²) in [4.78, 5) is 9.98. The van der Waals surface area contributed by atoms with E-state index in [4.69, 9.17) is 9.98 Å². The zero-order chi connectivity index (χ0) is 35.5. The molecule has 2 rings (SSSR count). The average molecular weight is 629 g/mol. The lowest BCUT2D eigenvalue weighted by atomic mass is 9.72. The molecular formula is C44H72N2. The van der Waals surface area contributed by atoms with Crippen LogP contribution in [0, 0.1) is 0 Å². The Morgan fingerprint density at radius 2 is 0.609 bits per heavy atom. The Kier molecular flexibility index (Phi) is 12.6. The molecule has 0 heterocycles. The van der Waals surface area contributed by atoms with Gasteiger partial charge in [-0.05, 0) is 89.8 Å². The van der Waals surface area contributed by atoms with Crippen LogP contribution in [0.2, 0.25) is 0 Å². The SMILES string of the molecule is CC(C)(C)c1cc(C(C)(C)C)c(C=NCCCCCCN=Cc2c(C(C)(C)C)cc(C(C)(C)C)cc2C(C)(C)C)c(C(C)(C)C)c1. The second kappa shape index (κ2) is 14.5. The molecule has 0 amide bonds. The fourth-order valence-electron chi connectivity index (χ4n) is 6.00. The number of hydrogen-bond acceptors (Lipinski definition) is 2. The van der Waals surface area contributed by atoms with Gasteiger partial charge >= 0.3 is 0 Å². The van der Waals surface area contributed by atoms with Crippen LogP contribution in [0.15, 0.2) is 34.3 Å². The molecule has 0 fully saturated rings. The molecule has 0 radical (unpaired) electrons. The third-order valence-electron chi connectivity index (χ3n) is 9.09. The lowest BCUT2D eigenvalue weighted by Crippen LogP contribution is -2.24. The summed E-state index contributed by atoms with van der Waals surface area (Å²) in [7, 11) is 0. The van der Waals surface area contributed by atoms with E-state index in [0.717, 1.165) is 25.9 Å². The van der Waals surface area contributed by atoms with Gasteiger partial charge in [0.15, 0.2) is 0 Å². The second-order valence-electron chi connectivity index (χ2n) is 20.0. The molecule has 0 unspecified atom stereocenters. The van der Waals surface area contributed by atoms with Gasteiger partial charge in [-0.3, -0.25) is 9.98 Å². The minimum Gasteiger partial charge on any atom is -0.293 e. The maximum atomic E-state index is 4.99. The molecule has 0 aliphatic carbocycles. The van der Waals surface area contributed by atoms with Crippen molar-refractivity contribution in [3.05, 3.63) is 68.8 Å². The van der Waals surface area contributed by atoms with Gasteiger partial charge in [0, 0.05) is 25.5 Å². The Labute approximate surface area is 286 Å². The van der Waals surface area contributed by atoms with E-state index in [-0.39, 0.29) is 32.5 Å². The minimum atomic E-state index is 0.0546. The molecule has 2 heteroatoms. The van der Waals surface area contributed by atoms with E-state index in [1.807, 2.05) is 0 Å². The van der Waals surface area contributed by atoms with Crippen molar-refractivity contribution < 1.29 is 0 Å². The number of rotatable bonds is 9. The fourth-order valence-corrected chi connectivity index (χ4v) is 6.00. The van der Waals surface area contributed by atoms with E-state index < -0.39 is 0 Å². The largest absolute Gasteiger partial charge is 0.293 e. The smallest absolute Gasteiger partial charge is 0.0389 e. The zero-order valence-corrected chi connectivity index (χ0v) is 33.6. The van der Waals surface area contributed by atoms with E-state index >= 15 is 0 Å². The Morgan fingerprint density at radius 3 is 0.804 bits per heavy atom. The molecule has 0 saturated carbocycles. The summed E-state index contributed by atoms with van der Waals surface area (Å²) in [5.74, 6) is 0. The molecule has 0 aliphatic heterocycles. The predicted molar refractivity (Wildman–Crippen MR) is 208 cm³/mol. The molecule has 0 spiro atoms. The highest BCUT2D eigenvalue weighted by molar-refractivity contribution is 5.86. The summed E-state index contributed by atoms with van der Waals surface area (Å²) in [6.07, 6.45) is 8.98. The van der Waals surface area contributed by atoms with Crippen LogP contribution in [0.1, 0.15) is 195 Å². The molecule has 2 nitrogen and oxygen atoms in total. The first-order valence-electron chi connectivity index (χ1n) is 18.0. The van der Waals surface area contributed by atoms with Crippen LogP contribution in [0.3, 0.4) is 0 Å². The molecule has 0 bridgehead atoms. The van der Waals surface area contributed by atoms with Gasteiger partial charge in [-0.25, -0.2) is 0 Å². The van der Waals surface area contributed by atoms with Crippen molar-refractivity contribution in [1.82, 2.24) is 0 Å². The molecule has 2 aromatic rings. The first-order chi connectivity index (χ1) is 20.6. The average Bonchev–Trinajstić information content (AvgIpc) is 2.85. The normalized spacial score (nSPS) is 14.2. The Bertz CT molecular complexity index is 1180. The highest BCUT2D eigenvalue weighted by atomic mass is 14.7. The molecule has 0 N–H and O–H groups in total. The molecule has 0 aliphatic rings. The van der Waals surface area contributed by atoms with Crippen LogP contribution in [0.4, 0.5) is 0 Å². The number of aliphatic imine (C=N–C) groups is 2. The van der Waals surface area contributed by atoms with Crippen LogP contribution in [0.25, 0.3) is 0 Å².